The standard InChI is InChI=1S/C11H23N3O/c1-9(2)11(15)12-7-10(14(5)6)8-13(3)4/h10H,1,7-8H2,2-6H3,(H,12,15). The largest absolute Gasteiger partial charge is 0.351 e. The molecule has 0 rings (SSSR count). The third-order valence-electron chi connectivity index (χ3n) is 2.19. The third-order valence-corrected chi connectivity index (χ3v) is 2.19. The minimum Gasteiger partial charge on any atom is -0.351 e. The zero-order chi connectivity index (χ0) is 12.0. The number of carbonyl (C=O) groups is 1. The second-order valence-electron chi connectivity index (χ2n) is 4.37. The molecule has 0 aromatic heterocycles. The van der Waals surface area contributed by atoms with Crippen LogP contribution in [0.2, 0.25) is 0 Å². The van der Waals surface area contributed by atoms with Crippen molar-refractivity contribution >= 4 is 5.91 Å². The van der Waals surface area contributed by atoms with E-state index in [1.165, 1.54) is 0 Å². The van der Waals surface area contributed by atoms with Crippen LogP contribution >= 0.6 is 0 Å². The summed E-state index contributed by atoms with van der Waals surface area (Å²) in [6.45, 7) is 6.89. The van der Waals surface area contributed by atoms with E-state index in [4.69, 9.17) is 0 Å². The first kappa shape index (κ1) is 14.1. The lowest BCUT2D eigenvalue weighted by Gasteiger charge is -2.27. The smallest absolute Gasteiger partial charge is 0.246 e. The Balaban J connectivity index is 4.07. The molecule has 88 valence electrons. The van der Waals surface area contributed by atoms with Gasteiger partial charge in [0.25, 0.3) is 0 Å². The first-order valence-corrected chi connectivity index (χ1v) is 5.09. The topological polar surface area (TPSA) is 35.6 Å². The molecule has 1 unspecified atom stereocenters. The number of amides is 1. The third kappa shape index (κ3) is 6.25. The number of hydrogen-bond acceptors (Lipinski definition) is 3. The molecule has 0 fully saturated rings. The fraction of sp³-hybridized carbons (Fsp3) is 0.727. The second-order valence-corrected chi connectivity index (χ2v) is 4.37. The number of carbonyl (C=O) groups excluding carboxylic acids is 1. The van der Waals surface area contributed by atoms with Gasteiger partial charge >= 0.3 is 0 Å². The predicted molar refractivity (Wildman–Crippen MR) is 63.9 cm³/mol. The molecular formula is C11H23N3O. The van der Waals surface area contributed by atoms with Gasteiger partial charge in [0.2, 0.25) is 5.91 Å². The van der Waals surface area contributed by atoms with Gasteiger partial charge in [0, 0.05) is 24.7 Å². The lowest BCUT2D eigenvalue weighted by Crippen LogP contribution is -2.45. The van der Waals surface area contributed by atoms with Gasteiger partial charge in [0.15, 0.2) is 0 Å². The minimum atomic E-state index is -0.0689. The van der Waals surface area contributed by atoms with Crippen molar-refractivity contribution in [3.63, 3.8) is 0 Å². The molecule has 4 nitrogen and oxygen atoms in total. The van der Waals surface area contributed by atoms with Crippen molar-refractivity contribution in [2.24, 2.45) is 0 Å². The van der Waals surface area contributed by atoms with E-state index in [0.717, 1.165) is 6.54 Å². The van der Waals surface area contributed by atoms with Gasteiger partial charge < -0.3 is 15.1 Å². The Labute approximate surface area is 92.9 Å². The highest BCUT2D eigenvalue weighted by atomic mass is 16.1. The van der Waals surface area contributed by atoms with Crippen molar-refractivity contribution in [2.75, 3.05) is 41.3 Å². The molecule has 0 radical (unpaired) electrons. The summed E-state index contributed by atoms with van der Waals surface area (Å²) in [7, 11) is 8.08. The van der Waals surface area contributed by atoms with Crippen molar-refractivity contribution in [1.29, 1.82) is 0 Å². The molecule has 4 heteroatoms. The van der Waals surface area contributed by atoms with Crippen LogP contribution in [0.1, 0.15) is 6.92 Å². The van der Waals surface area contributed by atoms with Crippen LogP contribution in [0.5, 0.6) is 0 Å². The Hall–Kier alpha value is -0.870. The maximum Gasteiger partial charge on any atom is 0.246 e. The van der Waals surface area contributed by atoms with E-state index in [2.05, 4.69) is 21.7 Å². The highest BCUT2D eigenvalue weighted by Gasteiger charge is 2.13. The van der Waals surface area contributed by atoms with E-state index in [1.54, 1.807) is 6.92 Å². The van der Waals surface area contributed by atoms with Crippen LogP contribution in [0, 0.1) is 0 Å². The number of hydrogen-bond donors (Lipinski definition) is 1. The fourth-order valence-corrected chi connectivity index (χ4v) is 1.19. The maximum absolute atomic E-state index is 11.3. The van der Waals surface area contributed by atoms with Crippen LogP contribution in [0.4, 0.5) is 0 Å². The van der Waals surface area contributed by atoms with E-state index in [9.17, 15) is 4.79 Å². The van der Waals surface area contributed by atoms with Gasteiger partial charge in [-0.2, -0.15) is 0 Å². The fourth-order valence-electron chi connectivity index (χ4n) is 1.19. The number of nitrogens with one attached hydrogen (secondary N) is 1. The van der Waals surface area contributed by atoms with Crippen LogP contribution in [-0.2, 0) is 4.79 Å². The summed E-state index contributed by atoms with van der Waals surface area (Å²) < 4.78 is 0. The number of likely N-dealkylation sites (N-methyl/N-ethyl adjacent to an activating group) is 2. The van der Waals surface area contributed by atoms with Gasteiger partial charge in [-0.1, -0.05) is 6.58 Å². The first-order valence-electron chi connectivity index (χ1n) is 5.09. The molecule has 0 saturated carbocycles. The first-order chi connectivity index (χ1) is 6.84. The normalized spacial score (nSPS) is 13.0. The van der Waals surface area contributed by atoms with Crippen LogP contribution < -0.4 is 5.32 Å². The average molecular weight is 213 g/mol. The monoisotopic (exact) mass is 213 g/mol. The molecule has 15 heavy (non-hydrogen) atoms. The molecule has 1 N–H and O–H groups in total. The molecule has 1 amide bonds. The molecule has 0 spiro atoms. The Kier molecular flexibility index (Phi) is 6.20. The molecule has 0 aromatic rings. The van der Waals surface area contributed by atoms with Gasteiger partial charge in [0.05, 0.1) is 0 Å². The second kappa shape index (κ2) is 6.58. The highest BCUT2D eigenvalue weighted by Crippen LogP contribution is 1.95. The van der Waals surface area contributed by atoms with Gasteiger partial charge in [-0.05, 0) is 35.1 Å². The van der Waals surface area contributed by atoms with E-state index < -0.39 is 0 Å². The Morgan fingerprint density at radius 1 is 1.33 bits per heavy atom. The van der Waals surface area contributed by atoms with Gasteiger partial charge in [0.1, 0.15) is 0 Å². The predicted octanol–water partition coefficient (Wildman–Crippen LogP) is 0.171. The molecule has 0 bridgehead atoms. The lowest BCUT2D eigenvalue weighted by atomic mass is 10.2. The van der Waals surface area contributed by atoms with Crippen molar-refractivity contribution < 1.29 is 4.79 Å². The van der Waals surface area contributed by atoms with Crippen molar-refractivity contribution in [2.45, 2.75) is 13.0 Å². The van der Waals surface area contributed by atoms with Crippen molar-refractivity contribution in [1.82, 2.24) is 15.1 Å². The molecule has 1 atom stereocenters. The SMILES string of the molecule is C=C(C)C(=O)NCC(CN(C)C)N(C)C. The molecule has 0 aliphatic carbocycles. The molecule has 0 aliphatic rings. The maximum atomic E-state index is 11.3. The van der Waals surface area contributed by atoms with Crippen LogP contribution in [0.15, 0.2) is 12.2 Å². The molecular weight excluding hydrogens is 190 g/mol. The summed E-state index contributed by atoms with van der Waals surface area (Å²) >= 11 is 0. The van der Waals surface area contributed by atoms with Crippen molar-refractivity contribution in [3.8, 4) is 0 Å². The van der Waals surface area contributed by atoms with Crippen LogP contribution in [0.3, 0.4) is 0 Å². The molecule has 0 saturated heterocycles. The van der Waals surface area contributed by atoms with Gasteiger partial charge in [-0.25, -0.2) is 0 Å². The Morgan fingerprint density at radius 2 is 1.87 bits per heavy atom. The highest BCUT2D eigenvalue weighted by molar-refractivity contribution is 5.92. The van der Waals surface area contributed by atoms with E-state index in [1.807, 2.05) is 28.2 Å². The quantitative estimate of drug-likeness (QED) is 0.639. The molecule has 0 heterocycles. The van der Waals surface area contributed by atoms with E-state index >= 15 is 0 Å². The van der Waals surface area contributed by atoms with Crippen LogP contribution in [0.25, 0.3) is 0 Å². The van der Waals surface area contributed by atoms with Crippen LogP contribution in [-0.4, -0.2) is 63.0 Å². The molecule has 0 aromatic carbocycles. The van der Waals surface area contributed by atoms with E-state index in [0.29, 0.717) is 18.2 Å². The summed E-state index contributed by atoms with van der Waals surface area (Å²) in [5.74, 6) is -0.0689. The zero-order valence-electron chi connectivity index (χ0n) is 10.5. The molecule has 0 aliphatic heterocycles. The summed E-state index contributed by atoms with van der Waals surface area (Å²) in [5, 5.41) is 2.86. The zero-order valence-corrected chi connectivity index (χ0v) is 10.5. The number of rotatable bonds is 6. The van der Waals surface area contributed by atoms with Crippen molar-refractivity contribution in [3.05, 3.63) is 12.2 Å². The number of nitrogens with zero attached hydrogens (tertiary/aromatic N) is 2. The summed E-state index contributed by atoms with van der Waals surface area (Å²) in [4.78, 5) is 15.5. The van der Waals surface area contributed by atoms with Gasteiger partial charge in [-0.3, -0.25) is 4.79 Å². The van der Waals surface area contributed by atoms with Gasteiger partial charge in [-0.15, -0.1) is 0 Å². The summed E-state index contributed by atoms with van der Waals surface area (Å²) in [6.07, 6.45) is 0. The lowest BCUT2D eigenvalue weighted by molar-refractivity contribution is -0.117. The Morgan fingerprint density at radius 3 is 2.20 bits per heavy atom. The summed E-state index contributed by atoms with van der Waals surface area (Å²) in [6, 6.07) is 0.322. The Bertz CT molecular complexity index is 224. The average Bonchev–Trinajstić information content (AvgIpc) is 2.10. The minimum absolute atomic E-state index is 0.0689. The summed E-state index contributed by atoms with van der Waals surface area (Å²) in [5.41, 5.74) is 0.553. The van der Waals surface area contributed by atoms with E-state index in [-0.39, 0.29) is 5.91 Å².